The number of hydrogen-bond acceptors (Lipinski definition) is 5. The lowest BCUT2D eigenvalue weighted by Gasteiger charge is -1.89. The number of hydrogen-bond donors (Lipinski definition) is 1. The lowest BCUT2D eigenvalue weighted by molar-refractivity contribution is 0.473. The first-order valence-corrected chi connectivity index (χ1v) is 3.64. The molecule has 10 heavy (non-hydrogen) atoms. The van der Waals surface area contributed by atoms with Crippen molar-refractivity contribution in [3.8, 4) is 0 Å². The molecule has 0 spiro atoms. The Hall–Kier alpha value is -1.08. The van der Waals surface area contributed by atoms with E-state index >= 15 is 0 Å². The highest BCUT2D eigenvalue weighted by Crippen LogP contribution is 1.94. The second-order valence-electron chi connectivity index (χ2n) is 1.40. The van der Waals surface area contributed by atoms with E-state index in [0.29, 0.717) is 0 Å². The average Bonchev–Trinajstić information content (AvgIpc) is 1.88. The van der Waals surface area contributed by atoms with E-state index in [1.807, 2.05) is 0 Å². The summed E-state index contributed by atoms with van der Waals surface area (Å²) >= 11 is 0. The smallest absolute Gasteiger partial charge is 0.279 e. The predicted octanol–water partition coefficient (Wildman–Crippen LogP) is -0.882. The van der Waals surface area contributed by atoms with Gasteiger partial charge in [0.1, 0.15) is 12.7 Å². The van der Waals surface area contributed by atoms with Gasteiger partial charge in [-0.15, -0.1) is 0 Å². The van der Waals surface area contributed by atoms with Crippen LogP contribution in [-0.4, -0.2) is 27.9 Å². The maximum atomic E-state index is 10.2. The topological polar surface area (TPSA) is 93.0 Å². The molecule has 0 bridgehead atoms. The van der Waals surface area contributed by atoms with Gasteiger partial charge in [-0.3, -0.25) is 4.55 Å². The molecule has 6 nitrogen and oxygen atoms in total. The van der Waals surface area contributed by atoms with E-state index in [1.165, 1.54) is 0 Å². The molecule has 0 atom stereocenters. The van der Waals surface area contributed by atoms with Crippen LogP contribution in [0, 0.1) is 0 Å². The van der Waals surface area contributed by atoms with Crippen LogP contribution in [0.1, 0.15) is 0 Å². The van der Waals surface area contributed by atoms with Gasteiger partial charge in [-0.25, -0.2) is 15.0 Å². The molecule has 0 amide bonds. The summed E-state index contributed by atoms with van der Waals surface area (Å²) in [6.45, 7) is 0. The minimum absolute atomic E-state index is 0.637. The van der Waals surface area contributed by atoms with E-state index in [2.05, 4.69) is 15.0 Å². The van der Waals surface area contributed by atoms with Crippen molar-refractivity contribution in [1.82, 2.24) is 15.0 Å². The number of nitrogens with zero attached hydrogens (tertiary/aromatic N) is 3. The predicted molar refractivity (Wildman–Crippen MR) is 29.6 cm³/mol. The van der Waals surface area contributed by atoms with Crippen molar-refractivity contribution in [3.63, 3.8) is 0 Å². The molecule has 0 saturated carbocycles. The Morgan fingerprint density at radius 3 is 2.10 bits per heavy atom. The summed E-state index contributed by atoms with van der Waals surface area (Å²) in [7, 11) is -4.27. The largest absolute Gasteiger partial charge is 0.330 e. The van der Waals surface area contributed by atoms with E-state index in [-0.39, 0.29) is 0 Å². The summed E-state index contributed by atoms with van der Waals surface area (Å²) in [5.41, 5.74) is 0. The van der Waals surface area contributed by atoms with Crippen molar-refractivity contribution in [2.24, 2.45) is 0 Å². The fourth-order valence-corrected chi connectivity index (χ4v) is 0.722. The molecule has 1 heterocycles. The van der Waals surface area contributed by atoms with Gasteiger partial charge in [0.25, 0.3) is 5.16 Å². The van der Waals surface area contributed by atoms with Crippen molar-refractivity contribution >= 4 is 10.1 Å². The fourth-order valence-electron chi connectivity index (χ4n) is 0.362. The third kappa shape index (κ3) is 1.45. The molecule has 0 aliphatic rings. The third-order valence-electron chi connectivity index (χ3n) is 0.700. The maximum Gasteiger partial charge on any atom is 0.330 e. The Labute approximate surface area is 56.7 Å². The Bertz CT molecular complexity index is 307. The Balaban J connectivity index is 3.22. The maximum absolute atomic E-state index is 10.2. The van der Waals surface area contributed by atoms with Crippen LogP contribution < -0.4 is 0 Å². The fraction of sp³-hybridized carbons (Fsp3) is 0. The molecule has 1 aromatic rings. The van der Waals surface area contributed by atoms with Gasteiger partial charge in [-0.2, -0.15) is 8.42 Å². The van der Waals surface area contributed by atoms with Crippen LogP contribution >= 0.6 is 0 Å². The summed E-state index contributed by atoms with van der Waals surface area (Å²) in [5.74, 6) is 0. The summed E-state index contributed by atoms with van der Waals surface area (Å²) in [6.07, 6.45) is 1.96. The van der Waals surface area contributed by atoms with Crippen LogP contribution in [-0.2, 0) is 10.1 Å². The van der Waals surface area contributed by atoms with Gasteiger partial charge < -0.3 is 0 Å². The zero-order valence-electron chi connectivity index (χ0n) is 4.67. The summed E-state index contributed by atoms with van der Waals surface area (Å²) in [5, 5.41) is -0.637. The van der Waals surface area contributed by atoms with Gasteiger partial charge in [0.05, 0.1) is 0 Å². The van der Waals surface area contributed by atoms with Gasteiger partial charge in [-0.05, 0) is 0 Å². The molecule has 0 aliphatic carbocycles. The van der Waals surface area contributed by atoms with Gasteiger partial charge in [-0.1, -0.05) is 0 Å². The van der Waals surface area contributed by atoms with Crippen LogP contribution in [0.2, 0.25) is 0 Å². The number of rotatable bonds is 1. The molecule has 54 valence electrons. The van der Waals surface area contributed by atoms with E-state index in [9.17, 15) is 8.42 Å². The molecule has 0 radical (unpaired) electrons. The monoisotopic (exact) mass is 161 g/mol. The highest BCUT2D eigenvalue weighted by atomic mass is 32.2. The van der Waals surface area contributed by atoms with Crippen molar-refractivity contribution in [2.75, 3.05) is 0 Å². The van der Waals surface area contributed by atoms with Crippen molar-refractivity contribution < 1.29 is 13.0 Å². The van der Waals surface area contributed by atoms with E-state index in [0.717, 1.165) is 12.7 Å². The third-order valence-corrected chi connectivity index (χ3v) is 1.37. The van der Waals surface area contributed by atoms with Crippen molar-refractivity contribution in [1.29, 1.82) is 0 Å². The lowest BCUT2D eigenvalue weighted by atomic mass is 11.1. The van der Waals surface area contributed by atoms with Gasteiger partial charge in [0.15, 0.2) is 0 Å². The highest BCUT2D eigenvalue weighted by molar-refractivity contribution is 7.85. The molecule has 0 aromatic carbocycles. The van der Waals surface area contributed by atoms with E-state index in [4.69, 9.17) is 4.55 Å². The van der Waals surface area contributed by atoms with Gasteiger partial charge >= 0.3 is 10.1 Å². The molecule has 0 aliphatic heterocycles. The van der Waals surface area contributed by atoms with Crippen molar-refractivity contribution in [3.05, 3.63) is 12.7 Å². The first-order valence-electron chi connectivity index (χ1n) is 2.20. The van der Waals surface area contributed by atoms with Crippen LogP contribution in [0.4, 0.5) is 0 Å². The molecule has 0 saturated heterocycles. The van der Waals surface area contributed by atoms with Crippen molar-refractivity contribution in [2.45, 2.75) is 5.16 Å². The summed E-state index contributed by atoms with van der Waals surface area (Å²) in [6, 6.07) is 0. The SMILES string of the molecule is O=S(=O)(O)c1ncncn1. The van der Waals surface area contributed by atoms with E-state index in [1.54, 1.807) is 0 Å². The molecule has 1 N–H and O–H groups in total. The average molecular weight is 161 g/mol. The number of aromatic nitrogens is 3. The van der Waals surface area contributed by atoms with Gasteiger partial charge in [0.2, 0.25) is 0 Å². The van der Waals surface area contributed by atoms with Crippen LogP contribution in [0.15, 0.2) is 17.8 Å². The van der Waals surface area contributed by atoms with Crippen LogP contribution in [0.3, 0.4) is 0 Å². The summed E-state index contributed by atoms with van der Waals surface area (Å²) < 4.78 is 28.8. The second kappa shape index (κ2) is 2.27. The summed E-state index contributed by atoms with van der Waals surface area (Å²) in [4.78, 5) is 9.74. The Morgan fingerprint density at radius 2 is 1.80 bits per heavy atom. The Kier molecular flexibility index (Phi) is 1.60. The van der Waals surface area contributed by atoms with Gasteiger partial charge in [0, 0.05) is 0 Å². The minimum atomic E-state index is -4.27. The first kappa shape index (κ1) is 7.03. The molecule has 1 aromatic heterocycles. The molecular formula is C3H3N3O3S. The quantitative estimate of drug-likeness (QED) is 0.537. The lowest BCUT2D eigenvalue weighted by Crippen LogP contribution is -2.03. The zero-order chi connectivity index (χ0) is 7.61. The minimum Gasteiger partial charge on any atom is -0.279 e. The van der Waals surface area contributed by atoms with Crippen LogP contribution in [0.25, 0.3) is 0 Å². The highest BCUT2D eigenvalue weighted by Gasteiger charge is 2.10. The first-order chi connectivity index (χ1) is 4.61. The molecule has 1 rings (SSSR count). The van der Waals surface area contributed by atoms with Crippen LogP contribution in [0.5, 0.6) is 0 Å². The zero-order valence-corrected chi connectivity index (χ0v) is 5.48. The molecule has 0 unspecified atom stereocenters. The molecule has 7 heteroatoms. The normalized spacial score (nSPS) is 11.3. The molecular weight excluding hydrogens is 158 g/mol. The second-order valence-corrected chi connectivity index (χ2v) is 2.71. The standard InChI is InChI=1S/C3H3N3O3S/c7-10(8,9)3-5-1-4-2-6-3/h1-2H,(H,7,8,9). The Morgan fingerprint density at radius 1 is 1.30 bits per heavy atom. The molecule has 0 fully saturated rings. The van der Waals surface area contributed by atoms with E-state index < -0.39 is 15.3 Å².